The van der Waals surface area contributed by atoms with E-state index in [1.165, 1.54) is 0 Å². The second-order valence-corrected chi connectivity index (χ2v) is 12.8. The first-order chi connectivity index (χ1) is 3.92. The summed E-state index contributed by atoms with van der Waals surface area (Å²) in [4.78, 5) is 0.459. The topological polar surface area (TPSA) is 0 Å². The average Bonchev–Trinajstić information content (AvgIpc) is 1.59. The third-order valence-corrected chi connectivity index (χ3v) is 3.84. The molecule has 5 heteroatoms. The lowest BCUT2D eigenvalue weighted by Crippen LogP contribution is -2.10. The highest BCUT2D eigenvalue weighted by Crippen LogP contribution is 2.28. The van der Waals surface area contributed by atoms with Crippen molar-refractivity contribution in [2.45, 2.75) is 24.2 Å². The summed E-state index contributed by atoms with van der Waals surface area (Å²) in [6, 6.07) is -1.59. The molecule has 56 valence electrons. The molecule has 0 fully saturated rings. The van der Waals surface area contributed by atoms with Crippen LogP contribution >= 0.6 is 49.2 Å². The van der Waals surface area contributed by atoms with E-state index in [9.17, 15) is 0 Å². The highest BCUT2D eigenvalue weighted by Gasteiger charge is 2.24. The van der Waals surface area contributed by atoms with Crippen molar-refractivity contribution in [1.29, 1.82) is 0 Å². The van der Waals surface area contributed by atoms with Gasteiger partial charge in [0.05, 0.1) is 0 Å². The van der Waals surface area contributed by atoms with Crippen LogP contribution in [0, 0.1) is 0 Å². The van der Waals surface area contributed by atoms with E-state index in [1.807, 2.05) is 6.92 Å². The molecule has 9 heavy (non-hydrogen) atoms. The lowest BCUT2D eigenvalue weighted by Gasteiger charge is -2.07. The molecule has 0 radical (unpaired) electrons. The molecule has 0 aliphatic heterocycles. The molecule has 0 aromatic heterocycles. The Morgan fingerprint density at radius 1 is 1.44 bits per heavy atom. The van der Waals surface area contributed by atoms with E-state index in [4.69, 9.17) is 33.2 Å². The van der Waals surface area contributed by atoms with E-state index in [1.54, 1.807) is 0 Å². The normalized spacial score (nSPS) is 15.7. The van der Waals surface area contributed by atoms with E-state index < -0.39 is 6.00 Å². The highest BCUT2D eigenvalue weighted by molar-refractivity contribution is 9.09. The molecule has 0 aliphatic rings. The Kier molecular flexibility index (Phi) is 5.22. The van der Waals surface area contributed by atoms with Crippen molar-refractivity contribution in [3.05, 3.63) is 0 Å². The van der Waals surface area contributed by atoms with Crippen molar-refractivity contribution < 1.29 is 0 Å². The van der Waals surface area contributed by atoms with Gasteiger partial charge in [0.2, 0.25) is 0 Å². The van der Waals surface area contributed by atoms with Crippen molar-refractivity contribution in [3.63, 3.8) is 0 Å². The molecule has 0 N–H and O–H groups in total. The van der Waals surface area contributed by atoms with Crippen molar-refractivity contribution in [3.8, 4) is 0 Å². The summed E-state index contributed by atoms with van der Waals surface area (Å²) in [6.45, 7) is 2.05. The van der Waals surface area contributed by atoms with Gasteiger partial charge in [0.1, 0.15) is 0 Å². The molecule has 0 rings (SSSR count). The Bertz CT molecular complexity index is 80.4. The van der Waals surface area contributed by atoms with Crippen LogP contribution in [-0.2, 0) is 0 Å². The van der Waals surface area contributed by atoms with Gasteiger partial charge in [0.15, 0.2) is 0 Å². The van der Waals surface area contributed by atoms with Crippen LogP contribution in [0.25, 0.3) is 0 Å². The fourth-order valence-electron chi connectivity index (χ4n) is 0.363. The van der Waals surface area contributed by atoms with Crippen LogP contribution in [0.5, 0.6) is 0 Å². The van der Waals surface area contributed by atoms with Gasteiger partial charge < -0.3 is 0 Å². The van der Waals surface area contributed by atoms with Crippen molar-refractivity contribution in [1.82, 2.24) is 0 Å². The summed E-state index contributed by atoms with van der Waals surface area (Å²) in [5, 5.41) is 0. The van der Waals surface area contributed by atoms with Gasteiger partial charge in [0.25, 0.3) is 0 Å². The molecule has 0 amide bonds. The molecule has 0 saturated heterocycles. The summed E-state index contributed by atoms with van der Waals surface area (Å²) in [5.74, 6) is 0. The molecule has 0 bridgehead atoms. The molecule has 0 nitrogen and oxygen atoms in total. The summed E-state index contributed by atoms with van der Waals surface area (Å²) in [6.07, 6.45) is 0.947. The Hall–Kier alpha value is 1.57. The summed E-state index contributed by atoms with van der Waals surface area (Å²) < 4.78 is 0. The minimum Gasteiger partial charge on any atom is -0.126 e. The lowest BCUT2D eigenvalue weighted by atomic mass is 10.4. The molecular formula is C4H8BrCl3Si. The van der Waals surface area contributed by atoms with Crippen molar-refractivity contribution in [2.75, 3.05) is 0 Å². The average molecular weight is 270 g/mol. The molecule has 0 spiro atoms. The number of halogens is 4. The van der Waals surface area contributed by atoms with Crippen LogP contribution in [0.3, 0.4) is 0 Å². The maximum atomic E-state index is 5.63. The summed E-state index contributed by atoms with van der Waals surface area (Å²) in [5.41, 5.74) is 0. The first kappa shape index (κ1) is 10.6. The molecule has 1 unspecified atom stereocenters. The highest BCUT2D eigenvalue weighted by atomic mass is 79.9. The van der Waals surface area contributed by atoms with Gasteiger partial charge in [-0.1, -0.05) is 22.9 Å². The maximum Gasteiger partial charge on any atom is 0.341 e. The quantitative estimate of drug-likeness (QED) is 0.415. The smallest absolute Gasteiger partial charge is 0.126 e. The minimum atomic E-state index is -2.33. The second kappa shape index (κ2) is 4.45. The first-order valence-corrected chi connectivity index (χ1v) is 8.78. The van der Waals surface area contributed by atoms with Gasteiger partial charge in [0, 0.05) is 4.83 Å². The zero-order chi connectivity index (χ0) is 7.49. The monoisotopic (exact) mass is 268 g/mol. The fraction of sp³-hybridized carbons (Fsp3) is 1.00. The number of hydrogen-bond donors (Lipinski definition) is 0. The van der Waals surface area contributed by atoms with Crippen LogP contribution < -0.4 is 0 Å². The van der Waals surface area contributed by atoms with Gasteiger partial charge in [-0.25, -0.2) is 0 Å². The number of alkyl halides is 1. The molecule has 0 aromatic rings. The Morgan fingerprint density at radius 2 is 1.89 bits per heavy atom. The molecular weight excluding hydrogens is 262 g/mol. The van der Waals surface area contributed by atoms with Crippen LogP contribution in [0.4, 0.5) is 0 Å². The molecule has 0 saturated carbocycles. The van der Waals surface area contributed by atoms with Gasteiger partial charge in [-0.2, -0.15) is 0 Å². The van der Waals surface area contributed by atoms with Crippen LogP contribution in [0.15, 0.2) is 0 Å². The molecule has 0 aromatic carbocycles. The van der Waals surface area contributed by atoms with E-state index in [0.29, 0.717) is 4.83 Å². The number of hydrogen-bond acceptors (Lipinski definition) is 0. The lowest BCUT2D eigenvalue weighted by molar-refractivity contribution is 0.915. The molecule has 0 heterocycles. The van der Waals surface area contributed by atoms with Gasteiger partial charge in [-0.05, 0) is 12.5 Å². The van der Waals surface area contributed by atoms with Crippen LogP contribution in [-0.4, -0.2) is 10.8 Å². The zero-order valence-corrected chi connectivity index (χ0v) is 9.86. The second-order valence-electron chi connectivity index (χ2n) is 1.93. The van der Waals surface area contributed by atoms with Gasteiger partial charge in [-0.3, -0.25) is 0 Å². The van der Waals surface area contributed by atoms with E-state index in [2.05, 4.69) is 15.9 Å². The van der Waals surface area contributed by atoms with Crippen LogP contribution in [0.1, 0.15) is 13.3 Å². The van der Waals surface area contributed by atoms with E-state index in [0.717, 1.165) is 12.5 Å². The standard InChI is InChI=1S/C4H8BrCl3Si/c1-4(5)2-3-9(6,7)8/h4H,2-3H2,1H3. The van der Waals surface area contributed by atoms with Gasteiger partial charge >= 0.3 is 6.00 Å². The third kappa shape index (κ3) is 9.57. The van der Waals surface area contributed by atoms with Crippen molar-refractivity contribution in [2.24, 2.45) is 0 Å². The SMILES string of the molecule is CC(Br)CC[Si](Cl)(Cl)Cl. The minimum absolute atomic E-state index is 0.459. The maximum absolute atomic E-state index is 5.63. The molecule has 1 atom stereocenters. The first-order valence-electron chi connectivity index (χ1n) is 2.62. The fourth-order valence-corrected chi connectivity index (χ4v) is 2.76. The predicted octanol–water partition coefficient (Wildman–Crippen LogP) is 3.82. The largest absolute Gasteiger partial charge is 0.341 e. The third-order valence-electron chi connectivity index (χ3n) is 0.826. The predicted molar refractivity (Wildman–Crippen MR) is 51.1 cm³/mol. The van der Waals surface area contributed by atoms with Gasteiger partial charge in [-0.15, -0.1) is 33.2 Å². The van der Waals surface area contributed by atoms with Crippen molar-refractivity contribution >= 4 is 55.2 Å². The Morgan fingerprint density at radius 3 is 2.00 bits per heavy atom. The summed E-state index contributed by atoms with van der Waals surface area (Å²) in [7, 11) is 0. The Balaban J connectivity index is 3.28. The Labute approximate surface area is 79.1 Å². The summed E-state index contributed by atoms with van der Waals surface area (Å²) >= 11 is 20.3. The van der Waals surface area contributed by atoms with E-state index >= 15 is 0 Å². The van der Waals surface area contributed by atoms with E-state index in [-0.39, 0.29) is 0 Å². The zero-order valence-electron chi connectivity index (χ0n) is 5.00. The molecule has 0 aliphatic carbocycles. The van der Waals surface area contributed by atoms with Crippen LogP contribution in [0.2, 0.25) is 6.04 Å². The number of rotatable bonds is 3.